The Bertz CT molecular complexity index is 644. The van der Waals surface area contributed by atoms with E-state index < -0.39 is 11.6 Å². The number of halogens is 2. The normalized spacial score (nSPS) is 36.4. The highest BCUT2D eigenvalue weighted by Gasteiger charge is 2.44. The molecule has 0 bridgehead atoms. The van der Waals surface area contributed by atoms with Crippen molar-refractivity contribution < 1.29 is 8.78 Å². The maximum atomic E-state index is 13.6. The maximum absolute atomic E-state index is 13.6. The minimum absolute atomic E-state index is 0.352. The summed E-state index contributed by atoms with van der Waals surface area (Å²) in [5, 5.41) is 0. The van der Waals surface area contributed by atoms with Crippen molar-refractivity contribution in [2.45, 2.75) is 77.0 Å². The average molecular weight is 373 g/mol. The van der Waals surface area contributed by atoms with Crippen molar-refractivity contribution in [3.8, 4) is 0 Å². The van der Waals surface area contributed by atoms with Crippen molar-refractivity contribution in [1.82, 2.24) is 0 Å². The predicted molar refractivity (Wildman–Crippen MR) is 108 cm³/mol. The summed E-state index contributed by atoms with van der Waals surface area (Å²) in [4.78, 5) is 0. The fourth-order valence-corrected chi connectivity index (χ4v) is 6.77. The molecule has 0 aliphatic heterocycles. The van der Waals surface area contributed by atoms with Crippen LogP contribution in [-0.4, -0.2) is 0 Å². The Labute approximate surface area is 163 Å². The van der Waals surface area contributed by atoms with E-state index in [1.165, 1.54) is 51.4 Å². The third-order valence-corrected chi connectivity index (χ3v) is 7.98. The Morgan fingerprint density at radius 1 is 0.852 bits per heavy atom. The van der Waals surface area contributed by atoms with Crippen LogP contribution in [0.2, 0.25) is 0 Å². The van der Waals surface area contributed by atoms with Gasteiger partial charge in [-0.05, 0) is 118 Å². The molecule has 3 aliphatic carbocycles. The van der Waals surface area contributed by atoms with E-state index in [0.29, 0.717) is 5.92 Å². The lowest BCUT2D eigenvalue weighted by Crippen LogP contribution is -2.41. The van der Waals surface area contributed by atoms with Gasteiger partial charge in [0.25, 0.3) is 0 Å². The van der Waals surface area contributed by atoms with Crippen LogP contribution in [0.25, 0.3) is 0 Å². The smallest absolute Gasteiger partial charge is 0.126 e. The highest BCUT2D eigenvalue weighted by molar-refractivity contribution is 5.23. The van der Waals surface area contributed by atoms with Gasteiger partial charge in [0, 0.05) is 6.07 Å². The first-order valence-electron chi connectivity index (χ1n) is 11.2. The Kier molecular flexibility index (Phi) is 5.99. The molecular formula is C25H34F2. The highest BCUT2D eigenvalue weighted by atomic mass is 19.1. The fourth-order valence-electron chi connectivity index (χ4n) is 6.77. The third-order valence-electron chi connectivity index (χ3n) is 7.98. The number of hydrogen-bond acceptors (Lipinski definition) is 0. The molecule has 6 atom stereocenters. The molecule has 0 heterocycles. The Hall–Kier alpha value is -1.18. The van der Waals surface area contributed by atoms with Crippen LogP contribution in [-0.2, 0) is 0 Å². The SMILES string of the molecule is C/C=C/CCC1CCC2C(CCC3CC(c4cc(F)cc(F)c4)CCC32)C1. The number of benzene rings is 1. The summed E-state index contributed by atoms with van der Waals surface area (Å²) in [6, 6.07) is 4.13. The molecule has 0 saturated heterocycles. The average Bonchev–Trinajstić information content (AvgIpc) is 2.66. The van der Waals surface area contributed by atoms with Gasteiger partial charge in [-0.15, -0.1) is 0 Å². The quantitative estimate of drug-likeness (QED) is 0.476. The first-order valence-corrected chi connectivity index (χ1v) is 11.2. The van der Waals surface area contributed by atoms with Crippen LogP contribution < -0.4 is 0 Å². The van der Waals surface area contributed by atoms with Gasteiger partial charge < -0.3 is 0 Å². The van der Waals surface area contributed by atoms with E-state index in [1.807, 2.05) is 0 Å². The molecule has 0 N–H and O–H groups in total. The van der Waals surface area contributed by atoms with E-state index in [9.17, 15) is 8.78 Å². The Morgan fingerprint density at radius 3 is 2.22 bits per heavy atom. The van der Waals surface area contributed by atoms with E-state index in [0.717, 1.165) is 54.1 Å². The molecule has 0 amide bonds. The first kappa shape index (κ1) is 19.2. The Morgan fingerprint density at radius 2 is 1.52 bits per heavy atom. The van der Waals surface area contributed by atoms with Crippen LogP contribution >= 0.6 is 0 Å². The van der Waals surface area contributed by atoms with Crippen LogP contribution in [0.15, 0.2) is 30.4 Å². The molecule has 1 aromatic rings. The standard InChI is InChI=1S/C25H34F2/c1-2-3-4-5-17-6-10-24-19(12-17)7-8-20-13-18(9-11-25(20)24)21-14-22(26)16-23(27)15-21/h2-3,14-20,24-25H,4-13H2,1H3/b3-2+. The molecule has 27 heavy (non-hydrogen) atoms. The second-order valence-corrected chi connectivity index (χ2v) is 9.46. The van der Waals surface area contributed by atoms with Gasteiger partial charge in [-0.2, -0.15) is 0 Å². The summed E-state index contributed by atoms with van der Waals surface area (Å²) in [5.74, 6) is 3.95. The molecule has 3 saturated carbocycles. The summed E-state index contributed by atoms with van der Waals surface area (Å²) >= 11 is 0. The van der Waals surface area contributed by atoms with E-state index >= 15 is 0 Å². The topological polar surface area (TPSA) is 0 Å². The van der Waals surface area contributed by atoms with Crippen LogP contribution in [0, 0.1) is 41.2 Å². The largest absolute Gasteiger partial charge is 0.207 e. The second-order valence-electron chi connectivity index (χ2n) is 9.46. The van der Waals surface area contributed by atoms with E-state index in [4.69, 9.17) is 0 Å². The number of fused-ring (bicyclic) bond motifs is 3. The van der Waals surface area contributed by atoms with E-state index in [-0.39, 0.29) is 0 Å². The summed E-state index contributed by atoms with van der Waals surface area (Å²) in [7, 11) is 0. The maximum Gasteiger partial charge on any atom is 0.126 e. The lowest BCUT2D eigenvalue weighted by molar-refractivity contribution is 0.00562. The number of allylic oxidation sites excluding steroid dienone is 2. The number of rotatable bonds is 4. The summed E-state index contributed by atoms with van der Waals surface area (Å²) in [5.41, 5.74) is 0.890. The Balaban J connectivity index is 1.37. The molecule has 0 nitrogen and oxygen atoms in total. The van der Waals surface area contributed by atoms with Gasteiger partial charge in [0.1, 0.15) is 11.6 Å². The molecule has 4 rings (SSSR count). The third kappa shape index (κ3) is 4.30. The lowest BCUT2D eigenvalue weighted by atomic mass is 9.55. The van der Waals surface area contributed by atoms with Crippen molar-refractivity contribution in [3.63, 3.8) is 0 Å². The van der Waals surface area contributed by atoms with Gasteiger partial charge in [-0.25, -0.2) is 8.78 Å². The summed E-state index contributed by atoms with van der Waals surface area (Å²) in [6.45, 7) is 2.12. The molecule has 3 fully saturated rings. The lowest BCUT2D eigenvalue weighted by Gasteiger charge is -2.51. The predicted octanol–water partition coefficient (Wildman–Crippen LogP) is 7.65. The van der Waals surface area contributed by atoms with Crippen LogP contribution in [0.3, 0.4) is 0 Å². The van der Waals surface area contributed by atoms with Gasteiger partial charge in [0.15, 0.2) is 0 Å². The van der Waals surface area contributed by atoms with Crippen molar-refractivity contribution in [3.05, 3.63) is 47.5 Å². The summed E-state index contributed by atoms with van der Waals surface area (Å²) < 4.78 is 27.3. The molecule has 3 aliphatic rings. The van der Waals surface area contributed by atoms with Gasteiger partial charge in [0.2, 0.25) is 0 Å². The minimum Gasteiger partial charge on any atom is -0.207 e. The molecule has 0 spiro atoms. The summed E-state index contributed by atoms with van der Waals surface area (Å²) in [6.07, 6.45) is 17.6. The molecule has 6 unspecified atom stereocenters. The zero-order valence-corrected chi connectivity index (χ0v) is 16.7. The zero-order valence-electron chi connectivity index (χ0n) is 16.7. The molecular weight excluding hydrogens is 338 g/mol. The molecule has 1 aromatic carbocycles. The van der Waals surface area contributed by atoms with Gasteiger partial charge >= 0.3 is 0 Å². The van der Waals surface area contributed by atoms with Crippen LogP contribution in [0.4, 0.5) is 8.78 Å². The monoisotopic (exact) mass is 372 g/mol. The van der Waals surface area contributed by atoms with Crippen molar-refractivity contribution in [2.75, 3.05) is 0 Å². The van der Waals surface area contributed by atoms with Gasteiger partial charge in [-0.1, -0.05) is 18.6 Å². The molecule has 0 aromatic heterocycles. The van der Waals surface area contributed by atoms with Gasteiger partial charge in [0.05, 0.1) is 0 Å². The van der Waals surface area contributed by atoms with E-state index in [2.05, 4.69) is 19.1 Å². The fraction of sp³-hybridized carbons (Fsp3) is 0.680. The minimum atomic E-state index is -0.424. The first-order chi connectivity index (χ1) is 13.1. The van der Waals surface area contributed by atoms with Crippen LogP contribution in [0.5, 0.6) is 0 Å². The van der Waals surface area contributed by atoms with Crippen molar-refractivity contribution in [2.24, 2.45) is 29.6 Å². The zero-order chi connectivity index (χ0) is 18.8. The highest BCUT2D eigenvalue weighted by Crippen LogP contribution is 2.55. The second kappa shape index (κ2) is 8.45. The molecule has 2 heteroatoms. The van der Waals surface area contributed by atoms with Gasteiger partial charge in [-0.3, -0.25) is 0 Å². The molecule has 148 valence electrons. The van der Waals surface area contributed by atoms with E-state index in [1.54, 1.807) is 12.1 Å². The number of hydrogen-bond donors (Lipinski definition) is 0. The van der Waals surface area contributed by atoms with Crippen LogP contribution in [0.1, 0.15) is 82.6 Å². The van der Waals surface area contributed by atoms with Crippen molar-refractivity contribution >= 4 is 0 Å². The molecule has 0 radical (unpaired) electrons. The van der Waals surface area contributed by atoms with Crippen molar-refractivity contribution in [1.29, 1.82) is 0 Å².